The van der Waals surface area contributed by atoms with Crippen molar-refractivity contribution in [3.05, 3.63) is 57.5 Å². The molecule has 0 bridgehead atoms. The Bertz CT molecular complexity index is 445. The van der Waals surface area contributed by atoms with Gasteiger partial charge in [-0.2, -0.15) is 11.3 Å². The average molecular weight is 235 g/mol. The third-order valence-corrected chi connectivity index (χ3v) is 3.26. The lowest BCUT2D eigenvalue weighted by atomic mass is 9.99. The summed E-state index contributed by atoms with van der Waals surface area (Å²) in [6.07, 6.45) is 0. The molecule has 1 aromatic carbocycles. The van der Waals surface area contributed by atoms with Crippen LogP contribution in [0.1, 0.15) is 22.7 Å². The molecule has 0 saturated carbocycles. The molecule has 3 heteroatoms. The highest BCUT2D eigenvalue weighted by Crippen LogP contribution is 2.25. The summed E-state index contributed by atoms with van der Waals surface area (Å²) in [7, 11) is 1.89. The van der Waals surface area contributed by atoms with Crippen LogP contribution in [0.25, 0.3) is 0 Å². The van der Waals surface area contributed by atoms with Crippen LogP contribution in [-0.4, -0.2) is 7.05 Å². The van der Waals surface area contributed by atoms with Gasteiger partial charge in [-0.25, -0.2) is 4.39 Å². The second-order valence-electron chi connectivity index (χ2n) is 3.84. The molecule has 1 aromatic heterocycles. The van der Waals surface area contributed by atoms with Gasteiger partial charge in [-0.1, -0.05) is 6.07 Å². The molecular formula is C13H14FNS. The maximum absolute atomic E-state index is 13.3. The third-order valence-electron chi connectivity index (χ3n) is 2.56. The molecule has 16 heavy (non-hydrogen) atoms. The van der Waals surface area contributed by atoms with E-state index < -0.39 is 0 Å². The van der Waals surface area contributed by atoms with E-state index in [-0.39, 0.29) is 11.9 Å². The molecule has 0 spiro atoms. The number of benzene rings is 1. The molecule has 0 aliphatic rings. The molecule has 84 valence electrons. The molecule has 1 N–H and O–H groups in total. The van der Waals surface area contributed by atoms with Crippen LogP contribution in [0.2, 0.25) is 0 Å². The standard InChI is InChI=1S/C13H14FNS/c1-9-5-11(7-12(14)6-9)13(15-2)10-3-4-16-8-10/h3-8,13,15H,1-2H3. The summed E-state index contributed by atoms with van der Waals surface area (Å²) in [4.78, 5) is 0. The lowest BCUT2D eigenvalue weighted by molar-refractivity contribution is 0.615. The number of hydrogen-bond donors (Lipinski definition) is 1. The Hall–Kier alpha value is -1.19. The molecule has 1 unspecified atom stereocenters. The van der Waals surface area contributed by atoms with Crippen molar-refractivity contribution in [3.63, 3.8) is 0 Å². The van der Waals surface area contributed by atoms with Crippen molar-refractivity contribution in [2.45, 2.75) is 13.0 Å². The normalized spacial score (nSPS) is 12.7. The summed E-state index contributed by atoms with van der Waals surface area (Å²) in [6.45, 7) is 1.91. The minimum atomic E-state index is -0.175. The summed E-state index contributed by atoms with van der Waals surface area (Å²) in [5.74, 6) is -0.175. The molecule has 0 radical (unpaired) electrons. The molecule has 0 fully saturated rings. The van der Waals surface area contributed by atoms with Crippen molar-refractivity contribution in [3.8, 4) is 0 Å². The lowest BCUT2D eigenvalue weighted by Crippen LogP contribution is -2.17. The number of halogens is 1. The second kappa shape index (κ2) is 4.76. The van der Waals surface area contributed by atoms with Gasteiger partial charge in [-0.05, 0) is 59.6 Å². The highest BCUT2D eigenvalue weighted by molar-refractivity contribution is 7.08. The zero-order chi connectivity index (χ0) is 11.5. The summed E-state index contributed by atoms with van der Waals surface area (Å²) >= 11 is 1.65. The first-order valence-corrected chi connectivity index (χ1v) is 6.11. The summed E-state index contributed by atoms with van der Waals surface area (Å²) < 4.78 is 13.3. The van der Waals surface area contributed by atoms with E-state index >= 15 is 0 Å². The number of rotatable bonds is 3. The van der Waals surface area contributed by atoms with Crippen molar-refractivity contribution < 1.29 is 4.39 Å². The van der Waals surface area contributed by atoms with Crippen molar-refractivity contribution in [2.24, 2.45) is 0 Å². The lowest BCUT2D eigenvalue weighted by Gasteiger charge is -2.16. The number of nitrogens with one attached hydrogen (secondary N) is 1. The fourth-order valence-corrected chi connectivity index (χ4v) is 2.58. The Labute approximate surface area is 98.9 Å². The Morgan fingerprint density at radius 3 is 2.62 bits per heavy atom. The van der Waals surface area contributed by atoms with E-state index in [1.54, 1.807) is 23.5 Å². The molecule has 2 rings (SSSR count). The van der Waals surface area contributed by atoms with E-state index in [2.05, 4.69) is 16.8 Å². The summed E-state index contributed by atoms with van der Waals surface area (Å²) in [6, 6.07) is 7.28. The van der Waals surface area contributed by atoms with Crippen LogP contribution >= 0.6 is 11.3 Å². The van der Waals surface area contributed by atoms with Gasteiger partial charge in [0.2, 0.25) is 0 Å². The molecule has 0 aliphatic carbocycles. The van der Waals surface area contributed by atoms with E-state index in [9.17, 15) is 4.39 Å². The largest absolute Gasteiger partial charge is 0.309 e. The first-order valence-electron chi connectivity index (χ1n) is 5.17. The number of thiophene rings is 1. The van der Waals surface area contributed by atoms with Gasteiger partial charge in [0.15, 0.2) is 0 Å². The average Bonchev–Trinajstić information content (AvgIpc) is 2.70. The molecule has 0 aliphatic heterocycles. The van der Waals surface area contributed by atoms with E-state index in [4.69, 9.17) is 0 Å². The van der Waals surface area contributed by atoms with Crippen molar-refractivity contribution in [2.75, 3.05) is 7.05 Å². The zero-order valence-electron chi connectivity index (χ0n) is 9.33. The molecule has 1 atom stereocenters. The number of hydrogen-bond acceptors (Lipinski definition) is 2. The minimum absolute atomic E-state index is 0.0700. The summed E-state index contributed by atoms with van der Waals surface area (Å²) in [5.41, 5.74) is 3.10. The highest BCUT2D eigenvalue weighted by atomic mass is 32.1. The molecule has 0 saturated heterocycles. The second-order valence-corrected chi connectivity index (χ2v) is 4.62. The number of aryl methyl sites for hydroxylation is 1. The van der Waals surface area contributed by atoms with E-state index in [1.165, 1.54) is 5.56 Å². The van der Waals surface area contributed by atoms with E-state index in [0.29, 0.717) is 0 Å². The maximum Gasteiger partial charge on any atom is 0.123 e. The predicted molar refractivity (Wildman–Crippen MR) is 66.4 cm³/mol. The third kappa shape index (κ3) is 2.31. The minimum Gasteiger partial charge on any atom is -0.309 e. The van der Waals surface area contributed by atoms with Gasteiger partial charge in [0.1, 0.15) is 5.82 Å². The van der Waals surface area contributed by atoms with Gasteiger partial charge < -0.3 is 5.32 Å². The quantitative estimate of drug-likeness (QED) is 0.858. The smallest absolute Gasteiger partial charge is 0.123 e. The van der Waals surface area contributed by atoms with Crippen LogP contribution in [-0.2, 0) is 0 Å². The van der Waals surface area contributed by atoms with Crippen molar-refractivity contribution in [1.29, 1.82) is 0 Å². The first-order chi connectivity index (χ1) is 7.70. The molecule has 0 amide bonds. The monoisotopic (exact) mass is 235 g/mol. The van der Waals surface area contributed by atoms with Gasteiger partial charge in [-0.15, -0.1) is 0 Å². The maximum atomic E-state index is 13.3. The first kappa shape index (κ1) is 11.3. The molecule has 1 heterocycles. The Morgan fingerprint density at radius 2 is 2.06 bits per heavy atom. The van der Waals surface area contributed by atoms with Gasteiger partial charge in [-0.3, -0.25) is 0 Å². The van der Waals surface area contributed by atoms with Gasteiger partial charge >= 0.3 is 0 Å². The van der Waals surface area contributed by atoms with Crippen molar-refractivity contribution in [1.82, 2.24) is 5.32 Å². The van der Waals surface area contributed by atoms with Crippen molar-refractivity contribution >= 4 is 11.3 Å². The molecule has 1 nitrogen and oxygen atoms in total. The Kier molecular flexibility index (Phi) is 3.36. The van der Waals surface area contributed by atoms with Gasteiger partial charge in [0, 0.05) is 0 Å². The van der Waals surface area contributed by atoms with Crippen LogP contribution in [0, 0.1) is 12.7 Å². The van der Waals surface area contributed by atoms with Crippen LogP contribution in [0.15, 0.2) is 35.0 Å². The van der Waals surface area contributed by atoms with Crippen LogP contribution in [0.3, 0.4) is 0 Å². The van der Waals surface area contributed by atoms with Gasteiger partial charge in [0.05, 0.1) is 6.04 Å². The zero-order valence-corrected chi connectivity index (χ0v) is 10.1. The van der Waals surface area contributed by atoms with Crippen LogP contribution < -0.4 is 5.32 Å². The summed E-state index contributed by atoms with van der Waals surface area (Å²) in [5, 5.41) is 7.33. The topological polar surface area (TPSA) is 12.0 Å². The molecule has 2 aromatic rings. The van der Waals surface area contributed by atoms with E-state index in [0.717, 1.165) is 11.1 Å². The SMILES string of the molecule is CNC(c1ccsc1)c1cc(C)cc(F)c1. The molecular weight excluding hydrogens is 221 g/mol. The van der Waals surface area contributed by atoms with Gasteiger partial charge in [0.25, 0.3) is 0 Å². The van der Waals surface area contributed by atoms with Crippen LogP contribution in [0.4, 0.5) is 4.39 Å². The van der Waals surface area contributed by atoms with E-state index in [1.807, 2.05) is 25.4 Å². The Balaban J connectivity index is 2.41. The Morgan fingerprint density at radius 1 is 1.25 bits per heavy atom. The fraction of sp³-hybridized carbons (Fsp3) is 0.231. The van der Waals surface area contributed by atoms with Crippen LogP contribution in [0.5, 0.6) is 0 Å². The fourth-order valence-electron chi connectivity index (χ4n) is 1.90. The predicted octanol–water partition coefficient (Wildman–Crippen LogP) is 3.50. The highest BCUT2D eigenvalue weighted by Gasteiger charge is 2.13.